The van der Waals surface area contributed by atoms with E-state index in [1.165, 1.54) is 20.0 Å². The number of ether oxygens (including phenoxy) is 3. The minimum Gasteiger partial charge on any atom is -0.493 e. The van der Waals surface area contributed by atoms with E-state index >= 15 is 0 Å². The number of morpholine rings is 1. The Balaban J connectivity index is 1.57. The molecule has 0 aromatic heterocycles. The number of carbonyl (C=O) groups is 2. The molecule has 0 spiro atoms. The molecule has 2 aliphatic rings. The van der Waals surface area contributed by atoms with Crippen LogP contribution >= 0.6 is 0 Å². The van der Waals surface area contributed by atoms with Gasteiger partial charge in [0.1, 0.15) is 0 Å². The average molecular weight is 390 g/mol. The molecule has 2 fully saturated rings. The molecule has 3 rings (SSSR count). The molecule has 154 valence electrons. The lowest BCUT2D eigenvalue weighted by atomic mass is 10.1. The molecule has 7 nitrogen and oxygen atoms in total. The zero-order valence-electron chi connectivity index (χ0n) is 16.6. The molecule has 1 aromatic rings. The van der Waals surface area contributed by atoms with Crippen molar-refractivity contribution in [3.05, 3.63) is 23.8 Å². The van der Waals surface area contributed by atoms with Crippen molar-refractivity contribution < 1.29 is 23.8 Å². The van der Waals surface area contributed by atoms with Gasteiger partial charge in [-0.15, -0.1) is 0 Å². The molecule has 0 unspecified atom stereocenters. The summed E-state index contributed by atoms with van der Waals surface area (Å²) in [5.41, 5.74) is 0.535. The third-order valence-corrected chi connectivity index (χ3v) is 5.33. The van der Waals surface area contributed by atoms with Crippen LogP contribution in [0, 0.1) is 0 Å². The Kier molecular flexibility index (Phi) is 7.54. The van der Waals surface area contributed by atoms with Crippen molar-refractivity contribution in [1.82, 2.24) is 10.2 Å². The summed E-state index contributed by atoms with van der Waals surface area (Å²) in [6, 6.07) is 5.31. The van der Waals surface area contributed by atoms with Crippen LogP contribution < -0.4 is 14.8 Å². The predicted molar refractivity (Wildman–Crippen MR) is 105 cm³/mol. The zero-order valence-corrected chi connectivity index (χ0v) is 16.6. The van der Waals surface area contributed by atoms with E-state index in [4.69, 9.17) is 14.2 Å². The molecule has 0 atom stereocenters. The Bertz CT molecular complexity index is 665. The fourth-order valence-electron chi connectivity index (χ4n) is 3.66. The van der Waals surface area contributed by atoms with E-state index in [0.717, 1.165) is 25.7 Å². The fourth-order valence-corrected chi connectivity index (χ4v) is 3.66. The highest BCUT2D eigenvalue weighted by atomic mass is 16.5. The molecular weight excluding hydrogens is 360 g/mol. The monoisotopic (exact) mass is 390 g/mol. The van der Waals surface area contributed by atoms with Crippen LogP contribution in [0.25, 0.3) is 0 Å². The molecule has 7 heteroatoms. The molecule has 1 saturated heterocycles. The van der Waals surface area contributed by atoms with Crippen LogP contribution in [0.15, 0.2) is 18.2 Å². The number of nitrogens with zero attached hydrogens (tertiary/aromatic N) is 1. The maximum absolute atomic E-state index is 12.6. The van der Waals surface area contributed by atoms with Crippen molar-refractivity contribution >= 4 is 11.8 Å². The molecule has 0 radical (unpaired) electrons. The van der Waals surface area contributed by atoms with Gasteiger partial charge in [0, 0.05) is 24.7 Å². The van der Waals surface area contributed by atoms with Crippen LogP contribution in [-0.2, 0) is 9.53 Å². The quantitative estimate of drug-likeness (QED) is 0.755. The molecule has 0 bridgehead atoms. The van der Waals surface area contributed by atoms with E-state index in [9.17, 15) is 9.59 Å². The second-order valence-corrected chi connectivity index (χ2v) is 7.31. The Hall–Kier alpha value is -2.28. The largest absolute Gasteiger partial charge is 0.493 e. The molecule has 1 saturated carbocycles. The van der Waals surface area contributed by atoms with E-state index in [0.29, 0.717) is 43.4 Å². The molecule has 1 N–H and O–H groups in total. The van der Waals surface area contributed by atoms with Crippen LogP contribution in [0.1, 0.15) is 48.9 Å². The highest BCUT2D eigenvalue weighted by Crippen LogP contribution is 2.28. The summed E-state index contributed by atoms with van der Waals surface area (Å²) in [5, 5.41) is 3.13. The van der Waals surface area contributed by atoms with E-state index in [1.807, 2.05) is 0 Å². The smallest absolute Gasteiger partial charge is 0.260 e. The maximum atomic E-state index is 12.6. The van der Waals surface area contributed by atoms with Crippen LogP contribution in [0.4, 0.5) is 0 Å². The number of nitrogens with one attached hydrogen (secondary N) is 1. The standard InChI is InChI=1S/C21H30N2O5/c1-26-19-14-16(21(25)22-17-6-4-2-3-5-7-17)8-9-18(19)28-15-20(24)23-10-12-27-13-11-23/h8-9,14,17H,2-7,10-13,15H2,1H3,(H,22,25). The normalized spacial score (nSPS) is 18.2. The first-order valence-corrected chi connectivity index (χ1v) is 10.1. The SMILES string of the molecule is COc1cc(C(=O)NC2CCCCCC2)ccc1OCC(=O)N1CCOCC1. The number of hydrogen-bond acceptors (Lipinski definition) is 5. The summed E-state index contributed by atoms with van der Waals surface area (Å²) in [6.45, 7) is 2.21. The topological polar surface area (TPSA) is 77.1 Å². The van der Waals surface area contributed by atoms with Crippen molar-refractivity contribution in [2.45, 2.75) is 44.6 Å². The van der Waals surface area contributed by atoms with E-state index in [2.05, 4.69) is 5.32 Å². The summed E-state index contributed by atoms with van der Waals surface area (Å²) in [4.78, 5) is 26.6. The zero-order chi connectivity index (χ0) is 19.8. The predicted octanol–water partition coefficient (Wildman–Crippen LogP) is 2.39. The van der Waals surface area contributed by atoms with E-state index in [-0.39, 0.29) is 24.5 Å². The molecule has 28 heavy (non-hydrogen) atoms. The third-order valence-electron chi connectivity index (χ3n) is 5.33. The lowest BCUT2D eigenvalue weighted by Crippen LogP contribution is -2.43. The van der Waals surface area contributed by atoms with Gasteiger partial charge in [0.25, 0.3) is 11.8 Å². The van der Waals surface area contributed by atoms with E-state index < -0.39 is 0 Å². The van der Waals surface area contributed by atoms with Gasteiger partial charge in [-0.1, -0.05) is 25.7 Å². The average Bonchev–Trinajstić information content (AvgIpc) is 3.01. The first kappa shape index (κ1) is 20.5. The van der Waals surface area contributed by atoms with Gasteiger partial charge < -0.3 is 24.4 Å². The van der Waals surface area contributed by atoms with Crippen molar-refractivity contribution in [3.8, 4) is 11.5 Å². The lowest BCUT2D eigenvalue weighted by molar-refractivity contribution is -0.137. The highest BCUT2D eigenvalue weighted by Gasteiger charge is 2.20. The maximum Gasteiger partial charge on any atom is 0.260 e. The van der Waals surface area contributed by atoms with Gasteiger partial charge in [0.2, 0.25) is 0 Å². The Morgan fingerprint density at radius 3 is 2.50 bits per heavy atom. The third kappa shape index (κ3) is 5.61. The number of rotatable bonds is 6. The summed E-state index contributed by atoms with van der Waals surface area (Å²) in [5.74, 6) is 0.722. The Morgan fingerprint density at radius 1 is 1.11 bits per heavy atom. The van der Waals surface area contributed by atoms with Crippen LogP contribution in [0.5, 0.6) is 11.5 Å². The number of amides is 2. The molecule has 1 heterocycles. The van der Waals surface area contributed by atoms with Crippen LogP contribution in [-0.4, -0.2) is 62.8 Å². The van der Waals surface area contributed by atoms with Crippen molar-refractivity contribution in [1.29, 1.82) is 0 Å². The minimum absolute atomic E-state index is 0.0655. The highest BCUT2D eigenvalue weighted by molar-refractivity contribution is 5.95. The van der Waals surface area contributed by atoms with Crippen molar-refractivity contribution in [3.63, 3.8) is 0 Å². The summed E-state index contributed by atoms with van der Waals surface area (Å²) in [6.07, 6.45) is 6.89. The number of hydrogen-bond donors (Lipinski definition) is 1. The molecule has 2 amide bonds. The number of benzene rings is 1. The Labute approximate surface area is 166 Å². The minimum atomic E-state index is -0.0962. The summed E-state index contributed by atoms with van der Waals surface area (Å²) >= 11 is 0. The van der Waals surface area contributed by atoms with Gasteiger partial charge in [0.15, 0.2) is 18.1 Å². The number of methoxy groups -OCH3 is 1. The van der Waals surface area contributed by atoms with Gasteiger partial charge in [-0.05, 0) is 31.0 Å². The van der Waals surface area contributed by atoms with E-state index in [1.54, 1.807) is 23.1 Å². The van der Waals surface area contributed by atoms with Gasteiger partial charge >= 0.3 is 0 Å². The van der Waals surface area contributed by atoms with Gasteiger partial charge in [-0.3, -0.25) is 9.59 Å². The molecule has 1 aliphatic heterocycles. The molecule has 1 aromatic carbocycles. The van der Waals surface area contributed by atoms with Crippen molar-refractivity contribution in [2.24, 2.45) is 0 Å². The van der Waals surface area contributed by atoms with Gasteiger partial charge in [-0.25, -0.2) is 0 Å². The van der Waals surface area contributed by atoms with Crippen LogP contribution in [0.2, 0.25) is 0 Å². The van der Waals surface area contributed by atoms with Gasteiger partial charge in [-0.2, -0.15) is 0 Å². The Morgan fingerprint density at radius 2 is 1.82 bits per heavy atom. The van der Waals surface area contributed by atoms with Crippen LogP contribution in [0.3, 0.4) is 0 Å². The number of carbonyl (C=O) groups excluding carboxylic acids is 2. The molecular formula is C21H30N2O5. The molecule has 1 aliphatic carbocycles. The first-order valence-electron chi connectivity index (χ1n) is 10.1. The summed E-state index contributed by atoms with van der Waals surface area (Å²) in [7, 11) is 1.53. The fraction of sp³-hybridized carbons (Fsp3) is 0.619. The van der Waals surface area contributed by atoms with Crippen molar-refractivity contribution in [2.75, 3.05) is 40.0 Å². The lowest BCUT2D eigenvalue weighted by Gasteiger charge is -2.26. The second-order valence-electron chi connectivity index (χ2n) is 7.31. The van der Waals surface area contributed by atoms with Gasteiger partial charge in [0.05, 0.1) is 20.3 Å². The summed E-state index contributed by atoms with van der Waals surface area (Å²) < 4.78 is 16.3. The second kappa shape index (κ2) is 10.3. The first-order chi connectivity index (χ1) is 13.7.